The molecule has 4 heteroatoms. The van der Waals surface area contributed by atoms with Gasteiger partial charge in [-0.25, -0.2) is 0 Å². The standard InChI is InChI=1S/C15H19NO3/c1-10(8-11(2)17)16-14(18)9-13(15(16)19)12-6-4-3-5-7-12/h3-7,10-11,13,17H,8-9H2,1-2H3. The van der Waals surface area contributed by atoms with E-state index < -0.39 is 6.10 Å². The Labute approximate surface area is 113 Å². The maximum Gasteiger partial charge on any atom is 0.237 e. The molecule has 1 aliphatic heterocycles. The lowest BCUT2D eigenvalue weighted by atomic mass is 9.98. The molecule has 2 rings (SSSR count). The monoisotopic (exact) mass is 261 g/mol. The van der Waals surface area contributed by atoms with E-state index in [1.807, 2.05) is 30.3 Å². The lowest BCUT2D eigenvalue weighted by Gasteiger charge is -2.24. The van der Waals surface area contributed by atoms with E-state index in [1.54, 1.807) is 13.8 Å². The van der Waals surface area contributed by atoms with E-state index in [0.717, 1.165) is 5.56 Å². The van der Waals surface area contributed by atoms with Crippen molar-refractivity contribution >= 4 is 11.8 Å². The molecule has 1 aliphatic rings. The van der Waals surface area contributed by atoms with Crippen LogP contribution in [0.4, 0.5) is 0 Å². The van der Waals surface area contributed by atoms with E-state index in [2.05, 4.69) is 0 Å². The molecule has 2 amide bonds. The molecule has 1 heterocycles. The van der Waals surface area contributed by atoms with Crippen LogP contribution in [0.5, 0.6) is 0 Å². The van der Waals surface area contributed by atoms with Crippen molar-refractivity contribution in [2.75, 3.05) is 0 Å². The Kier molecular flexibility index (Phi) is 4.00. The maximum absolute atomic E-state index is 12.4. The van der Waals surface area contributed by atoms with E-state index >= 15 is 0 Å². The first kappa shape index (κ1) is 13.7. The molecule has 1 fully saturated rings. The Morgan fingerprint density at radius 2 is 1.89 bits per heavy atom. The van der Waals surface area contributed by atoms with Gasteiger partial charge in [0.05, 0.1) is 12.0 Å². The topological polar surface area (TPSA) is 57.6 Å². The van der Waals surface area contributed by atoms with Crippen molar-refractivity contribution in [1.82, 2.24) is 4.90 Å². The number of hydrogen-bond acceptors (Lipinski definition) is 3. The molecule has 1 aromatic rings. The van der Waals surface area contributed by atoms with Crippen molar-refractivity contribution in [2.24, 2.45) is 0 Å². The number of imide groups is 1. The number of amides is 2. The normalized spacial score (nSPS) is 22.7. The zero-order chi connectivity index (χ0) is 14.0. The first-order chi connectivity index (χ1) is 9.00. The first-order valence-corrected chi connectivity index (χ1v) is 6.59. The molecule has 3 atom stereocenters. The van der Waals surface area contributed by atoms with Gasteiger partial charge in [0, 0.05) is 12.5 Å². The fraction of sp³-hybridized carbons (Fsp3) is 0.467. The van der Waals surface area contributed by atoms with Crippen LogP contribution in [0.2, 0.25) is 0 Å². The molecule has 4 nitrogen and oxygen atoms in total. The Balaban J connectivity index is 2.17. The third-order valence-corrected chi connectivity index (χ3v) is 3.51. The highest BCUT2D eigenvalue weighted by molar-refractivity contribution is 6.06. The first-order valence-electron chi connectivity index (χ1n) is 6.59. The smallest absolute Gasteiger partial charge is 0.237 e. The van der Waals surface area contributed by atoms with Crippen LogP contribution in [0.1, 0.15) is 38.2 Å². The number of aliphatic hydroxyl groups excluding tert-OH is 1. The number of carbonyl (C=O) groups excluding carboxylic acids is 2. The van der Waals surface area contributed by atoms with Gasteiger partial charge in [0.25, 0.3) is 0 Å². The highest BCUT2D eigenvalue weighted by atomic mass is 16.3. The van der Waals surface area contributed by atoms with Gasteiger partial charge in [0.2, 0.25) is 11.8 Å². The van der Waals surface area contributed by atoms with Gasteiger partial charge in [-0.2, -0.15) is 0 Å². The Bertz CT molecular complexity index is 470. The fourth-order valence-electron chi connectivity index (χ4n) is 2.66. The summed E-state index contributed by atoms with van der Waals surface area (Å²) in [5.41, 5.74) is 0.882. The minimum absolute atomic E-state index is 0.146. The highest BCUT2D eigenvalue weighted by Crippen LogP contribution is 2.31. The molecule has 1 saturated heterocycles. The predicted octanol–water partition coefficient (Wildman–Crippen LogP) is 1.69. The van der Waals surface area contributed by atoms with Crippen molar-refractivity contribution < 1.29 is 14.7 Å². The average molecular weight is 261 g/mol. The molecule has 3 unspecified atom stereocenters. The summed E-state index contributed by atoms with van der Waals surface area (Å²) in [6, 6.07) is 9.12. The van der Waals surface area contributed by atoms with Gasteiger partial charge in [-0.3, -0.25) is 14.5 Å². The van der Waals surface area contributed by atoms with Crippen LogP contribution in [0.15, 0.2) is 30.3 Å². The molecule has 0 saturated carbocycles. The van der Waals surface area contributed by atoms with Crippen LogP contribution in [0.25, 0.3) is 0 Å². The zero-order valence-corrected chi connectivity index (χ0v) is 11.2. The second-order valence-electron chi connectivity index (χ2n) is 5.20. The van der Waals surface area contributed by atoms with E-state index in [0.29, 0.717) is 6.42 Å². The number of hydrogen-bond donors (Lipinski definition) is 1. The van der Waals surface area contributed by atoms with Crippen molar-refractivity contribution in [3.63, 3.8) is 0 Å². The lowest BCUT2D eigenvalue weighted by molar-refractivity contribution is -0.141. The van der Waals surface area contributed by atoms with E-state index in [9.17, 15) is 14.7 Å². The Morgan fingerprint density at radius 1 is 1.26 bits per heavy atom. The van der Waals surface area contributed by atoms with Gasteiger partial charge in [-0.1, -0.05) is 30.3 Å². The molecular weight excluding hydrogens is 242 g/mol. The van der Waals surface area contributed by atoms with Crippen molar-refractivity contribution in [3.8, 4) is 0 Å². The third kappa shape index (κ3) is 2.84. The summed E-state index contributed by atoms with van der Waals surface area (Å²) in [6.45, 7) is 3.46. The van der Waals surface area contributed by atoms with E-state index in [4.69, 9.17) is 0 Å². The predicted molar refractivity (Wildman–Crippen MR) is 71.4 cm³/mol. The molecule has 1 aromatic carbocycles. The van der Waals surface area contributed by atoms with Crippen LogP contribution in [0.3, 0.4) is 0 Å². The van der Waals surface area contributed by atoms with Gasteiger partial charge < -0.3 is 5.11 Å². The summed E-state index contributed by atoms with van der Waals surface area (Å²) in [5, 5.41) is 9.39. The van der Waals surface area contributed by atoms with Crippen LogP contribution >= 0.6 is 0 Å². The second kappa shape index (κ2) is 5.53. The summed E-state index contributed by atoms with van der Waals surface area (Å²) in [5.74, 6) is -0.665. The number of carbonyl (C=O) groups is 2. The third-order valence-electron chi connectivity index (χ3n) is 3.51. The maximum atomic E-state index is 12.4. The quantitative estimate of drug-likeness (QED) is 0.839. The van der Waals surface area contributed by atoms with Crippen LogP contribution in [-0.4, -0.2) is 34.0 Å². The van der Waals surface area contributed by atoms with Gasteiger partial charge in [-0.15, -0.1) is 0 Å². The summed E-state index contributed by atoms with van der Waals surface area (Å²) < 4.78 is 0. The summed E-state index contributed by atoms with van der Waals surface area (Å²) in [4.78, 5) is 25.7. The molecule has 0 bridgehead atoms. The van der Waals surface area contributed by atoms with E-state index in [1.165, 1.54) is 4.90 Å². The SMILES string of the molecule is CC(O)CC(C)N1C(=O)CC(c2ccccc2)C1=O. The van der Waals surface area contributed by atoms with Gasteiger partial charge in [-0.05, 0) is 25.8 Å². The number of aliphatic hydroxyl groups is 1. The second-order valence-corrected chi connectivity index (χ2v) is 5.20. The van der Waals surface area contributed by atoms with E-state index in [-0.39, 0.29) is 30.2 Å². The van der Waals surface area contributed by atoms with Crippen LogP contribution in [0, 0.1) is 0 Å². The van der Waals surface area contributed by atoms with Gasteiger partial charge in [0.1, 0.15) is 0 Å². The van der Waals surface area contributed by atoms with Crippen LogP contribution < -0.4 is 0 Å². The van der Waals surface area contributed by atoms with Gasteiger partial charge >= 0.3 is 0 Å². The Hall–Kier alpha value is -1.68. The molecule has 0 aromatic heterocycles. The molecule has 0 aliphatic carbocycles. The molecular formula is C15H19NO3. The number of benzene rings is 1. The van der Waals surface area contributed by atoms with Crippen LogP contribution in [-0.2, 0) is 9.59 Å². The molecule has 1 N–H and O–H groups in total. The number of rotatable bonds is 4. The molecule has 19 heavy (non-hydrogen) atoms. The molecule has 0 spiro atoms. The summed E-state index contributed by atoms with van der Waals surface area (Å²) >= 11 is 0. The Morgan fingerprint density at radius 3 is 2.47 bits per heavy atom. The molecule has 0 radical (unpaired) electrons. The summed E-state index contributed by atoms with van der Waals surface area (Å²) in [7, 11) is 0. The lowest BCUT2D eigenvalue weighted by Crippen LogP contribution is -2.39. The van der Waals surface area contributed by atoms with Crippen molar-refractivity contribution in [1.29, 1.82) is 0 Å². The van der Waals surface area contributed by atoms with Gasteiger partial charge in [0.15, 0.2) is 0 Å². The fourth-order valence-corrected chi connectivity index (χ4v) is 2.66. The molecule has 102 valence electrons. The largest absolute Gasteiger partial charge is 0.393 e. The van der Waals surface area contributed by atoms with Crippen molar-refractivity contribution in [3.05, 3.63) is 35.9 Å². The highest BCUT2D eigenvalue weighted by Gasteiger charge is 2.41. The average Bonchev–Trinajstić information content (AvgIpc) is 2.65. The summed E-state index contributed by atoms with van der Waals surface area (Å²) in [6.07, 6.45) is 0.123. The number of nitrogens with zero attached hydrogens (tertiary/aromatic N) is 1. The minimum Gasteiger partial charge on any atom is -0.393 e. The van der Waals surface area contributed by atoms with Crippen molar-refractivity contribution in [2.45, 2.75) is 44.8 Å². The zero-order valence-electron chi connectivity index (χ0n) is 11.2. The number of likely N-dealkylation sites (tertiary alicyclic amines) is 1. The minimum atomic E-state index is -0.522.